The number of hydrogen-bond donors (Lipinski definition) is 0. The standard InChI is InChI=1S/C12H11F3O/c1-8(6-9(2)16)10-4-3-5-11(7-10)12(13,14)15/h3-5,7H,1,6H2,2H3. The molecule has 0 radical (unpaired) electrons. The van der Waals surface area contributed by atoms with E-state index in [0.29, 0.717) is 11.1 Å². The summed E-state index contributed by atoms with van der Waals surface area (Å²) in [5, 5.41) is 0. The Morgan fingerprint density at radius 3 is 2.50 bits per heavy atom. The van der Waals surface area contributed by atoms with Crippen LogP contribution in [0, 0.1) is 0 Å². The number of hydrogen-bond acceptors (Lipinski definition) is 1. The molecule has 16 heavy (non-hydrogen) atoms. The summed E-state index contributed by atoms with van der Waals surface area (Å²) in [6.45, 7) is 4.97. The number of alkyl halides is 3. The molecule has 0 aromatic heterocycles. The van der Waals surface area contributed by atoms with Gasteiger partial charge in [-0.15, -0.1) is 0 Å². The van der Waals surface area contributed by atoms with Crippen LogP contribution in [0.5, 0.6) is 0 Å². The third-order valence-corrected chi connectivity index (χ3v) is 2.06. The smallest absolute Gasteiger partial charge is 0.300 e. The lowest BCUT2D eigenvalue weighted by Crippen LogP contribution is -2.05. The molecule has 0 aliphatic carbocycles. The number of halogens is 3. The minimum atomic E-state index is -4.37. The van der Waals surface area contributed by atoms with Gasteiger partial charge in [0.2, 0.25) is 0 Å². The molecule has 0 fully saturated rings. The molecule has 1 aromatic rings. The van der Waals surface area contributed by atoms with E-state index in [0.717, 1.165) is 12.1 Å². The molecule has 0 saturated carbocycles. The minimum absolute atomic E-state index is 0.0707. The minimum Gasteiger partial charge on any atom is -0.300 e. The Kier molecular flexibility index (Phi) is 3.52. The molecule has 4 heteroatoms. The number of ketones is 1. The van der Waals surface area contributed by atoms with Gasteiger partial charge in [0.1, 0.15) is 5.78 Å². The fraction of sp³-hybridized carbons (Fsp3) is 0.250. The van der Waals surface area contributed by atoms with Crippen LogP contribution in [0.1, 0.15) is 24.5 Å². The summed E-state index contributed by atoms with van der Waals surface area (Å²) in [5.41, 5.74) is 0.0262. The number of Topliss-reactive ketones (excluding diaryl/α,β-unsaturated/α-hetero) is 1. The molecule has 86 valence electrons. The van der Waals surface area contributed by atoms with Crippen molar-refractivity contribution in [3.05, 3.63) is 42.0 Å². The predicted octanol–water partition coefficient (Wildman–Crippen LogP) is 3.70. The molecular weight excluding hydrogens is 217 g/mol. The summed E-state index contributed by atoms with van der Waals surface area (Å²) in [6.07, 6.45) is -4.30. The van der Waals surface area contributed by atoms with E-state index in [1.165, 1.54) is 19.1 Å². The van der Waals surface area contributed by atoms with Crippen molar-refractivity contribution in [1.29, 1.82) is 0 Å². The second kappa shape index (κ2) is 4.51. The lowest BCUT2D eigenvalue weighted by Gasteiger charge is -2.09. The summed E-state index contributed by atoms with van der Waals surface area (Å²) in [5.74, 6) is -0.123. The van der Waals surface area contributed by atoms with Crippen LogP contribution in [0.3, 0.4) is 0 Å². The lowest BCUT2D eigenvalue weighted by atomic mass is 10.0. The van der Waals surface area contributed by atoms with Gasteiger partial charge < -0.3 is 0 Å². The van der Waals surface area contributed by atoms with Crippen molar-refractivity contribution >= 4 is 11.4 Å². The van der Waals surface area contributed by atoms with Gasteiger partial charge in [0.25, 0.3) is 0 Å². The molecular formula is C12H11F3O. The summed E-state index contributed by atoms with van der Waals surface area (Å²) in [4.78, 5) is 10.8. The van der Waals surface area contributed by atoms with Crippen LogP contribution in [-0.2, 0) is 11.0 Å². The molecule has 1 rings (SSSR count). The number of allylic oxidation sites excluding steroid dienone is 1. The molecule has 0 heterocycles. The highest BCUT2D eigenvalue weighted by Gasteiger charge is 2.30. The van der Waals surface area contributed by atoms with Crippen molar-refractivity contribution < 1.29 is 18.0 Å². The van der Waals surface area contributed by atoms with Crippen LogP contribution in [0.25, 0.3) is 5.57 Å². The Bertz CT molecular complexity index is 419. The maximum absolute atomic E-state index is 12.4. The molecule has 0 atom stereocenters. The van der Waals surface area contributed by atoms with Crippen molar-refractivity contribution in [1.82, 2.24) is 0 Å². The van der Waals surface area contributed by atoms with Crippen molar-refractivity contribution in [2.24, 2.45) is 0 Å². The molecule has 0 N–H and O–H groups in total. The first-order valence-corrected chi connectivity index (χ1v) is 4.65. The number of carbonyl (C=O) groups is 1. The van der Waals surface area contributed by atoms with Crippen molar-refractivity contribution in [2.75, 3.05) is 0 Å². The summed E-state index contributed by atoms with van der Waals surface area (Å²) in [6, 6.07) is 4.82. The Hall–Kier alpha value is -1.58. The highest BCUT2D eigenvalue weighted by atomic mass is 19.4. The molecule has 0 bridgehead atoms. The predicted molar refractivity (Wildman–Crippen MR) is 55.8 cm³/mol. The van der Waals surface area contributed by atoms with Gasteiger partial charge in [-0.25, -0.2) is 0 Å². The van der Waals surface area contributed by atoms with Gasteiger partial charge in [-0.2, -0.15) is 13.2 Å². The van der Waals surface area contributed by atoms with Crippen LogP contribution in [-0.4, -0.2) is 5.78 Å². The number of rotatable bonds is 3. The van der Waals surface area contributed by atoms with Gasteiger partial charge >= 0.3 is 6.18 Å². The number of carbonyl (C=O) groups excluding carboxylic acids is 1. The average Bonchev–Trinajstić information content (AvgIpc) is 2.15. The molecule has 0 aliphatic heterocycles. The normalized spacial score (nSPS) is 11.2. The summed E-state index contributed by atoms with van der Waals surface area (Å²) in [7, 11) is 0. The van der Waals surface area contributed by atoms with Gasteiger partial charge in [-0.05, 0) is 30.2 Å². The van der Waals surface area contributed by atoms with E-state index < -0.39 is 11.7 Å². The van der Waals surface area contributed by atoms with E-state index >= 15 is 0 Å². The van der Waals surface area contributed by atoms with E-state index in [1.54, 1.807) is 0 Å². The third-order valence-electron chi connectivity index (χ3n) is 2.06. The second-order valence-corrected chi connectivity index (χ2v) is 3.56. The van der Waals surface area contributed by atoms with Crippen molar-refractivity contribution in [3.8, 4) is 0 Å². The molecule has 0 unspecified atom stereocenters. The van der Waals surface area contributed by atoms with Crippen LogP contribution in [0.4, 0.5) is 13.2 Å². The molecule has 1 nitrogen and oxygen atoms in total. The monoisotopic (exact) mass is 228 g/mol. The zero-order valence-electron chi connectivity index (χ0n) is 8.77. The van der Waals surface area contributed by atoms with Crippen LogP contribution in [0.15, 0.2) is 30.8 Å². The third kappa shape index (κ3) is 3.22. The Labute approximate surface area is 91.6 Å². The molecule has 0 saturated heterocycles. The van der Waals surface area contributed by atoms with E-state index in [4.69, 9.17) is 0 Å². The van der Waals surface area contributed by atoms with Gasteiger partial charge in [0.15, 0.2) is 0 Å². The fourth-order valence-corrected chi connectivity index (χ4v) is 1.32. The Balaban J connectivity index is 2.99. The van der Waals surface area contributed by atoms with E-state index in [-0.39, 0.29) is 12.2 Å². The highest BCUT2D eigenvalue weighted by Crippen LogP contribution is 2.31. The molecule has 1 aromatic carbocycles. The first-order chi connectivity index (χ1) is 7.30. The van der Waals surface area contributed by atoms with Crippen LogP contribution < -0.4 is 0 Å². The lowest BCUT2D eigenvalue weighted by molar-refractivity contribution is -0.137. The molecule has 0 spiro atoms. The zero-order chi connectivity index (χ0) is 12.3. The van der Waals surface area contributed by atoms with Gasteiger partial charge in [0.05, 0.1) is 5.56 Å². The quantitative estimate of drug-likeness (QED) is 0.770. The number of benzene rings is 1. The maximum atomic E-state index is 12.4. The Morgan fingerprint density at radius 1 is 1.38 bits per heavy atom. The van der Waals surface area contributed by atoms with Gasteiger partial charge in [-0.1, -0.05) is 18.7 Å². The molecule has 0 amide bonds. The van der Waals surface area contributed by atoms with E-state index in [9.17, 15) is 18.0 Å². The SMILES string of the molecule is C=C(CC(C)=O)c1cccc(C(F)(F)F)c1. The first kappa shape index (κ1) is 12.5. The largest absolute Gasteiger partial charge is 0.416 e. The highest BCUT2D eigenvalue weighted by molar-refractivity contribution is 5.87. The Morgan fingerprint density at radius 2 is 2.00 bits per heavy atom. The van der Waals surface area contributed by atoms with Crippen LogP contribution >= 0.6 is 0 Å². The van der Waals surface area contributed by atoms with Gasteiger partial charge in [0, 0.05) is 6.42 Å². The first-order valence-electron chi connectivity index (χ1n) is 4.65. The summed E-state index contributed by atoms with van der Waals surface area (Å²) < 4.78 is 37.2. The van der Waals surface area contributed by atoms with E-state index in [2.05, 4.69) is 6.58 Å². The fourth-order valence-electron chi connectivity index (χ4n) is 1.32. The zero-order valence-corrected chi connectivity index (χ0v) is 8.77. The summed E-state index contributed by atoms with van der Waals surface area (Å²) >= 11 is 0. The van der Waals surface area contributed by atoms with Crippen molar-refractivity contribution in [2.45, 2.75) is 19.5 Å². The molecule has 0 aliphatic rings. The van der Waals surface area contributed by atoms with Gasteiger partial charge in [-0.3, -0.25) is 4.79 Å². The van der Waals surface area contributed by atoms with Crippen molar-refractivity contribution in [3.63, 3.8) is 0 Å². The average molecular weight is 228 g/mol. The maximum Gasteiger partial charge on any atom is 0.416 e. The second-order valence-electron chi connectivity index (χ2n) is 3.56. The van der Waals surface area contributed by atoms with Crippen LogP contribution in [0.2, 0.25) is 0 Å². The van der Waals surface area contributed by atoms with E-state index in [1.807, 2.05) is 0 Å². The topological polar surface area (TPSA) is 17.1 Å².